The van der Waals surface area contributed by atoms with Crippen LogP contribution < -0.4 is 30.7 Å². The van der Waals surface area contributed by atoms with Gasteiger partial charge in [-0.25, -0.2) is 8.78 Å². The van der Waals surface area contributed by atoms with Crippen LogP contribution in [-0.2, 0) is 16.1 Å². The van der Waals surface area contributed by atoms with Gasteiger partial charge in [-0.15, -0.1) is 0 Å². The van der Waals surface area contributed by atoms with Gasteiger partial charge in [0.2, 0.25) is 5.91 Å². The van der Waals surface area contributed by atoms with Gasteiger partial charge >= 0.3 is 0 Å². The minimum Gasteiger partial charge on any atom is -0.355 e. The molecular weight excluding hydrogens is 464 g/mol. The van der Waals surface area contributed by atoms with Crippen LogP contribution in [0.25, 0.3) is 11.5 Å². The minimum absolute atomic E-state index is 0.116. The summed E-state index contributed by atoms with van der Waals surface area (Å²) in [6.45, 7) is 4.62. The van der Waals surface area contributed by atoms with Crippen LogP contribution in [0.15, 0.2) is 40.8 Å². The van der Waals surface area contributed by atoms with Gasteiger partial charge in [0.15, 0.2) is 5.57 Å². The van der Waals surface area contributed by atoms with Gasteiger partial charge in [-0.2, -0.15) is 5.26 Å². The molecule has 1 aromatic carbocycles. The number of thiazole rings is 1. The summed E-state index contributed by atoms with van der Waals surface area (Å²) in [6, 6.07) is 8.60. The third-order valence-electron chi connectivity index (χ3n) is 4.28. The molecule has 0 aliphatic heterocycles. The van der Waals surface area contributed by atoms with Gasteiger partial charge in [0.05, 0.1) is 6.54 Å². The first-order chi connectivity index (χ1) is 16.2. The highest BCUT2D eigenvalue weighted by molar-refractivity contribution is 7.07. The first-order valence-electron chi connectivity index (χ1n) is 10.3. The highest BCUT2D eigenvalue weighted by Gasteiger charge is 2.12. The monoisotopic (exact) mass is 487 g/mol. The van der Waals surface area contributed by atoms with Crippen LogP contribution in [0.2, 0.25) is 0 Å². The Kier molecular flexibility index (Phi) is 9.53. The Morgan fingerprint density at radius 2 is 1.97 bits per heavy atom. The fourth-order valence-electron chi connectivity index (χ4n) is 2.54. The number of alkyl halides is 2. The number of halogens is 2. The van der Waals surface area contributed by atoms with Crippen molar-refractivity contribution in [3.63, 3.8) is 0 Å². The van der Waals surface area contributed by atoms with E-state index in [4.69, 9.17) is 0 Å². The Morgan fingerprint density at radius 3 is 2.59 bits per heavy atom. The van der Waals surface area contributed by atoms with Crippen molar-refractivity contribution >= 4 is 46.0 Å². The molecule has 0 saturated carbocycles. The Balaban J connectivity index is 2.41. The van der Waals surface area contributed by atoms with Crippen molar-refractivity contribution in [1.82, 2.24) is 9.88 Å². The molecule has 0 bridgehead atoms. The quantitative estimate of drug-likeness (QED) is 0.388. The zero-order chi connectivity index (χ0) is 25.3. The first kappa shape index (κ1) is 26.3. The van der Waals surface area contributed by atoms with E-state index in [9.17, 15) is 28.4 Å². The van der Waals surface area contributed by atoms with Crippen molar-refractivity contribution in [1.29, 1.82) is 5.26 Å². The average molecular weight is 488 g/mol. The first-order valence-corrected chi connectivity index (χ1v) is 11.1. The fourth-order valence-corrected chi connectivity index (χ4v) is 3.52. The van der Waals surface area contributed by atoms with Crippen molar-refractivity contribution < 1.29 is 18.4 Å². The molecule has 0 aliphatic rings. The number of hydrogen-bond donors (Lipinski definition) is 3. The van der Waals surface area contributed by atoms with Gasteiger partial charge in [0.25, 0.3) is 17.9 Å². The lowest BCUT2D eigenvalue weighted by Crippen LogP contribution is -2.31. The highest BCUT2D eigenvalue weighted by Crippen LogP contribution is 2.15. The number of nitriles is 1. The zero-order valence-electron chi connectivity index (χ0n) is 18.7. The number of nitrogens with zero attached hydrogens (tertiary/aromatic N) is 2. The molecule has 0 saturated heterocycles. The molecule has 2 aromatic rings. The summed E-state index contributed by atoms with van der Waals surface area (Å²) in [6.07, 6.45) is -1.34. The maximum atomic E-state index is 12.6. The minimum atomic E-state index is -2.76. The number of hydrogen-bond acceptors (Lipinski definition) is 6. The second-order valence-corrected chi connectivity index (χ2v) is 8.16. The van der Waals surface area contributed by atoms with Crippen molar-refractivity contribution in [2.45, 2.75) is 33.7 Å². The summed E-state index contributed by atoms with van der Waals surface area (Å²) >= 11 is 0.946. The normalized spacial score (nSPS) is 10.2. The third-order valence-corrected chi connectivity index (χ3v) is 5.30. The summed E-state index contributed by atoms with van der Waals surface area (Å²) < 4.78 is 26.3. The Bertz CT molecular complexity index is 1360. The van der Waals surface area contributed by atoms with Gasteiger partial charge in [-0.05, 0) is 25.1 Å². The molecule has 0 spiro atoms. The molecule has 0 unspecified atom stereocenters. The fraction of sp³-hybridized carbons (Fsp3) is 0.304. The predicted molar refractivity (Wildman–Crippen MR) is 127 cm³/mol. The molecule has 11 heteroatoms. The molecule has 0 radical (unpaired) electrons. The highest BCUT2D eigenvalue weighted by atomic mass is 32.1. The number of aromatic nitrogens is 1. The number of anilines is 2. The molecular formula is C23H23F2N5O3S. The van der Waals surface area contributed by atoms with Crippen molar-refractivity contribution in [2.24, 2.45) is 5.92 Å². The van der Waals surface area contributed by atoms with Crippen LogP contribution in [0.3, 0.4) is 0 Å². The molecule has 8 nitrogen and oxygen atoms in total. The molecule has 0 aliphatic carbocycles. The van der Waals surface area contributed by atoms with Gasteiger partial charge < -0.3 is 16.0 Å². The number of amides is 2. The van der Waals surface area contributed by atoms with E-state index in [1.807, 2.05) is 5.32 Å². The number of nitrogens with one attached hydrogen (secondary N) is 3. The lowest BCUT2D eigenvalue weighted by Gasteiger charge is -2.08. The molecule has 1 heterocycles. The number of carbonyl (C=O) groups excluding carboxylic acids is 2. The topological polar surface area (TPSA) is 116 Å². The lowest BCUT2D eigenvalue weighted by atomic mass is 10.2. The smallest absolute Gasteiger partial charge is 0.277 e. The summed E-state index contributed by atoms with van der Waals surface area (Å²) in [5.41, 5.74) is 5.70. The van der Waals surface area contributed by atoms with E-state index in [1.54, 1.807) is 51.1 Å². The Morgan fingerprint density at radius 1 is 1.26 bits per heavy atom. The largest absolute Gasteiger partial charge is 0.355 e. The molecule has 0 atom stereocenters. The Hall–Kier alpha value is -3.96. The SMILES string of the molecule is CCn1c(=C=C(C#N)C(=O)NCC(F)F)sc(=C=CNc2cccc(NC(=O)C(C)C)c2)c1=O. The van der Waals surface area contributed by atoms with Crippen LogP contribution in [-0.4, -0.2) is 29.4 Å². The predicted octanol–water partition coefficient (Wildman–Crippen LogP) is 1.74. The van der Waals surface area contributed by atoms with Gasteiger partial charge in [0, 0.05) is 30.0 Å². The molecule has 178 valence electrons. The van der Waals surface area contributed by atoms with Crippen LogP contribution in [0.1, 0.15) is 20.8 Å². The third kappa shape index (κ3) is 7.29. The molecule has 2 rings (SSSR count). The van der Waals surface area contributed by atoms with Crippen molar-refractivity contribution in [2.75, 3.05) is 17.2 Å². The second kappa shape index (κ2) is 12.3. The number of rotatable bonds is 8. The van der Waals surface area contributed by atoms with Crippen LogP contribution >= 0.6 is 11.3 Å². The average Bonchev–Trinajstić information content (AvgIpc) is 3.09. The van der Waals surface area contributed by atoms with Gasteiger partial charge in [-0.3, -0.25) is 19.0 Å². The van der Waals surface area contributed by atoms with E-state index in [0.717, 1.165) is 11.3 Å². The molecule has 1 aromatic heterocycles. The molecule has 3 N–H and O–H groups in total. The summed E-state index contributed by atoms with van der Waals surface area (Å²) in [4.78, 5) is 36.4. The Labute approximate surface area is 198 Å². The summed E-state index contributed by atoms with van der Waals surface area (Å²) in [5.74, 6) is -1.28. The molecule has 34 heavy (non-hydrogen) atoms. The van der Waals surface area contributed by atoms with Crippen molar-refractivity contribution in [3.8, 4) is 6.07 Å². The standard InChI is InChI=1S/C23H23F2N5O3S/c1-4-30-20(10-15(12-26)22(32)28-13-19(24)25)34-18(23(30)33)8-9-27-16-6-5-7-17(11-16)29-21(31)14(2)3/h5-7,9,11,14,19,27H,4,13H2,1-3H3,(H,28,32)(H,29,31). The van der Waals surface area contributed by atoms with Gasteiger partial charge in [-0.1, -0.05) is 42.7 Å². The van der Waals surface area contributed by atoms with E-state index in [1.165, 1.54) is 10.8 Å². The van der Waals surface area contributed by atoms with Crippen molar-refractivity contribution in [3.05, 3.63) is 55.6 Å². The maximum absolute atomic E-state index is 12.6. The van der Waals surface area contributed by atoms with E-state index >= 15 is 0 Å². The number of benzene rings is 1. The lowest BCUT2D eigenvalue weighted by molar-refractivity contribution is -0.119. The molecule has 0 fully saturated rings. The van der Waals surface area contributed by atoms with Crippen LogP contribution in [0, 0.1) is 17.2 Å². The maximum Gasteiger partial charge on any atom is 0.277 e. The van der Waals surface area contributed by atoms with Crippen LogP contribution in [0.4, 0.5) is 20.2 Å². The summed E-state index contributed by atoms with van der Waals surface area (Å²) in [5, 5.41) is 16.9. The van der Waals surface area contributed by atoms with E-state index in [0.29, 0.717) is 11.4 Å². The zero-order valence-corrected chi connectivity index (χ0v) is 19.6. The molecule has 2 amide bonds. The van der Waals surface area contributed by atoms with E-state index in [2.05, 4.69) is 22.1 Å². The number of carbonyl (C=O) groups is 2. The van der Waals surface area contributed by atoms with Crippen LogP contribution in [0.5, 0.6) is 0 Å². The second-order valence-electron chi connectivity index (χ2n) is 7.16. The van der Waals surface area contributed by atoms with Gasteiger partial charge in [0.1, 0.15) is 15.3 Å². The van der Waals surface area contributed by atoms with E-state index < -0.39 is 30.0 Å². The van der Waals surface area contributed by atoms with E-state index in [-0.39, 0.29) is 27.6 Å². The summed E-state index contributed by atoms with van der Waals surface area (Å²) in [7, 11) is 0.